The number of aromatic nitrogens is 1. The molecule has 4 heteroatoms. The molecule has 1 aromatic carbocycles. The van der Waals surface area contributed by atoms with Crippen molar-refractivity contribution in [3.05, 3.63) is 54.7 Å². The van der Waals surface area contributed by atoms with Crippen LogP contribution in [0, 0.1) is 0 Å². The van der Waals surface area contributed by atoms with E-state index in [4.69, 9.17) is 5.11 Å². The van der Waals surface area contributed by atoms with Crippen LogP contribution >= 0.6 is 0 Å². The molecule has 0 aliphatic carbocycles. The molecule has 0 radical (unpaired) electrons. The van der Waals surface area contributed by atoms with Gasteiger partial charge in [0.1, 0.15) is 6.26 Å². The van der Waals surface area contributed by atoms with Crippen molar-refractivity contribution in [3.8, 4) is 0 Å². The molecule has 0 unspecified atom stereocenters. The molecule has 0 saturated heterocycles. The summed E-state index contributed by atoms with van der Waals surface area (Å²) in [5, 5.41) is 8.38. The van der Waals surface area contributed by atoms with Gasteiger partial charge in [-0.05, 0) is 12.1 Å². The molecule has 2 aromatic rings. The first-order valence-corrected chi connectivity index (χ1v) is 3.91. The molecule has 14 heavy (non-hydrogen) atoms. The van der Waals surface area contributed by atoms with Crippen LogP contribution in [0.1, 0.15) is 10.4 Å². The minimum absolute atomic E-state index is 0.331. The predicted molar refractivity (Wildman–Crippen MR) is 49.9 cm³/mol. The van der Waals surface area contributed by atoms with Crippen molar-refractivity contribution in [2.24, 2.45) is 0 Å². The zero-order valence-corrected chi connectivity index (χ0v) is 7.33. The van der Waals surface area contributed by atoms with Crippen molar-refractivity contribution in [1.29, 1.82) is 0 Å². The van der Waals surface area contributed by atoms with Crippen molar-refractivity contribution in [2.75, 3.05) is 0 Å². The summed E-state index contributed by atoms with van der Waals surface area (Å²) in [6, 6.07) is 8.30. The smallest absolute Gasteiger partial charge is 0.335 e. The number of aromatic carboxylic acids is 1. The third-order valence-electron chi connectivity index (χ3n) is 1.37. The van der Waals surface area contributed by atoms with Gasteiger partial charge in [0.05, 0.1) is 11.8 Å². The average molecular weight is 191 g/mol. The van der Waals surface area contributed by atoms with E-state index in [0.29, 0.717) is 5.56 Å². The van der Waals surface area contributed by atoms with Crippen LogP contribution in [-0.2, 0) is 0 Å². The number of carboxylic acid groups (broad SMARTS) is 1. The highest BCUT2D eigenvalue weighted by molar-refractivity contribution is 5.87. The summed E-state index contributed by atoms with van der Waals surface area (Å²) in [5.74, 6) is -0.879. The molecule has 1 aromatic heterocycles. The van der Waals surface area contributed by atoms with Crippen LogP contribution in [-0.4, -0.2) is 16.1 Å². The van der Waals surface area contributed by atoms with E-state index < -0.39 is 5.97 Å². The van der Waals surface area contributed by atoms with E-state index in [9.17, 15) is 4.79 Å². The van der Waals surface area contributed by atoms with Gasteiger partial charge in [-0.3, -0.25) is 0 Å². The van der Waals surface area contributed by atoms with E-state index in [1.54, 1.807) is 36.5 Å². The molecule has 1 N–H and O–H groups in total. The summed E-state index contributed by atoms with van der Waals surface area (Å²) in [6.07, 6.45) is 4.47. The predicted octanol–water partition coefficient (Wildman–Crippen LogP) is 2.06. The number of benzene rings is 1. The second kappa shape index (κ2) is 5.53. The van der Waals surface area contributed by atoms with E-state index in [1.807, 2.05) is 0 Å². The number of hydrogen-bond donors (Lipinski definition) is 1. The largest absolute Gasteiger partial charge is 0.478 e. The van der Waals surface area contributed by atoms with Crippen molar-refractivity contribution in [1.82, 2.24) is 4.98 Å². The van der Waals surface area contributed by atoms with Gasteiger partial charge in [-0.25, -0.2) is 9.78 Å². The summed E-state index contributed by atoms with van der Waals surface area (Å²) in [5.41, 5.74) is 0.331. The maximum atomic E-state index is 10.2. The third-order valence-corrected chi connectivity index (χ3v) is 1.37. The van der Waals surface area contributed by atoms with Crippen LogP contribution in [0.3, 0.4) is 0 Å². The fourth-order valence-corrected chi connectivity index (χ4v) is 0.756. The van der Waals surface area contributed by atoms with Gasteiger partial charge in [-0.2, -0.15) is 0 Å². The van der Waals surface area contributed by atoms with Gasteiger partial charge in [0.15, 0.2) is 6.39 Å². The molecule has 72 valence electrons. The SMILES string of the molecule is O=C(O)c1ccccc1.c1cocn1. The maximum Gasteiger partial charge on any atom is 0.335 e. The molecule has 0 spiro atoms. The van der Waals surface area contributed by atoms with Gasteiger partial charge in [-0.1, -0.05) is 18.2 Å². The molecule has 0 bridgehead atoms. The Balaban J connectivity index is 0.000000165. The minimum atomic E-state index is -0.879. The number of nitrogens with zero attached hydrogens (tertiary/aromatic N) is 1. The van der Waals surface area contributed by atoms with E-state index in [1.165, 1.54) is 12.7 Å². The monoisotopic (exact) mass is 191 g/mol. The molecule has 0 atom stereocenters. The summed E-state index contributed by atoms with van der Waals surface area (Å²) in [7, 11) is 0. The Morgan fingerprint density at radius 3 is 2.29 bits per heavy atom. The number of carbonyl (C=O) groups is 1. The van der Waals surface area contributed by atoms with Crippen LogP contribution < -0.4 is 0 Å². The summed E-state index contributed by atoms with van der Waals surface area (Å²) in [6.45, 7) is 0. The Morgan fingerprint density at radius 1 is 1.29 bits per heavy atom. The van der Waals surface area contributed by atoms with Gasteiger partial charge in [-0.15, -0.1) is 0 Å². The highest BCUT2D eigenvalue weighted by atomic mass is 16.4. The van der Waals surface area contributed by atoms with Gasteiger partial charge in [0.2, 0.25) is 0 Å². The van der Waals surface area contributed by atoms with E-state index in [2.05, 4.69) is 9.40 Å². The third kappa shape index (κ3) is 3.53. The lowest BCUT2D eigenvalue weighted by atomic mass is 10.2. The molecule has 0 aliphatic heterocycles. The van der Waals surface area contributed by atoms with Crippen LogP contribution in [0.5, 0.6) is 0 Å². The van der Waals surface area contributed by atoms with Crippen LogP contribution in [0.15, 0.2) is 53.6 Å². The maximum absolute atomic E-state index is 10.2. The quantitative estimate of drug-likeness (QED) is 0.749. The Morgan fingerprint density at radius 2 is 2.00 bits per heavy atom. The number of oxazole rings is 1. The molecular weight excluding hydrogens is 182 g/mol. The van der Waals surface area contributed by atoms with E-state index in [-0.39, 0.29) is 0 Å². The molecule has 0 amide bonds. The fraction of sp³-hybridized carbons (Fsp3) is 0. The lowest BCUT2D eigenvalue weighted by molar-refractivity contribution is 0.0697. The zero-order chi connectivity index (χ0) is 10.2. The van der Waals surface area contributed by atoms with Crippen LogP contribution in [0.4, 0.5) is 0 Å². The van der Waals surface area contributed by atoms with Gasteiger partial charge in [0.25, 0.3) is 0 Å². The van der Waals surface area contributed by atoms with Crippen molar-refractivity contribution in [2.45, 2.75) is 0 Å². The first-order valence-electron chi connectivity index (χ1n) is 3.91. The first kappa shape index (κ1) is 9.98. The molecule has 0 saturated carbocycles. The van der Waals surface area contributed by atoms with Gasteiger partial charge in [0, 0.05) is 0 Å². The van der Waals surface area contributed by atoms with Crippen LogP contribution in [0.25, 0.3) is 0 Å². The Bertz CT molecular complexity index is 339. The normalized spacial score (nSPS) is 8.57. The van der Waals surface area contributed by atoms with Gasteiger partial charge >= 0.3 is 5.97 Å². The molecule has 1 heterocycles. The zero-order valence-electron chi connectivity index (χ0n) is 7.33. The topological polar surface area (TPSA) is 63.3 Å². The first-order chi connectivity index (χ1) is 6.80. The van der Waals surface area contributed by atoms with E-state index >= 15 is 0 Å². The molecule has 0 fully saturated rings. The highest BCUT2D eigenvalue weighted by Crippen LogP contribution is 1.96. The van der Waals surface area contributed by atoms with E-state index in [0.717, 1.165) is 0 Å². The molecule has 2 rings (SSSR count). The Hall–Kier alpha value is -2.10. The average Bonchev–Trinajstić information content (AvgIpc) is 2.77. The number of carboxylic acids is 1. The van der Waals surface area contributed by atoms with Crippen molar-refractivity contribution in [3.63, 3.8) is 0 Å². The summed E-state index contributed by atoms with van der Waals surface area (Å²) < 4.78 is 4.47. The van der Waals surface area contributed by atoms with Gasteiger partial charge < -0.3 is 9.52 Å². The summed E-state index contributed by atoms with van der Waals surface area (Å²) >= 11 is 0. The Labute approximate surface area is 80.8 Å². The fourth-order valence-electron chi connectivity index (χ4n) is 0.756. The lowest BCUT2D eigenvalue weighted by Gasteiger charge is -1.88. The lowest BCUT2D eigenvalue weighted by Crippen LogP contribution is -1.93. The molecule has 4 nitrogen and oxygen atoms in total. The van der Waals surface area contributed by atoms with Crippen molar-refractivity contribution < 1.29 is 14.3 Å². The highest BCUT2D eigenvalue weighted by Gasteiger charge is 1.96. The second-order valence-electron chi connectivity index (χ2n) is 2.35. The molecular formula is C10H9NO3. The number of rotatable bonds is 1. The standard InChI is InChI=1S/C7H6O2.C3H3NO/c8-7(9)6-4-2-1-3-5-6;1-2-5-3-4-1/h1-5H,(H,8,9);1-3H. The molecule has 0 aliphatic rings. The van der Waals surface area contributed by atoms with Crippen molar-refractivity contribution >= 4 is 5.97 Å². The van der Waals surface area contributed by atoms with Crippen LogP contribution in [0.2, 0.25) is 0 Å². The number of hydrogen-bond acceptors (Lipinski definition) is 3. The Kier molecular flexibility index (Phi) is 3.94. The minimum Gasteiger partial charge on any atom is -0.478 e. The summed E-state index contributed by atoms with van der Waals surface area (Å²) in [4.78, 5) is 13.8. The second-order valence-corrected chi connectivity index (χ2v) is 2.35.